The molecule has 0 heterocycles. The number of aliphatic hydroxyl groups is 2. The summed E-state index contributed by atoms with van der Waals surface area (Å²) in [5, 5.41) is 28.7. The standard InChI is InChI=1S/C10H15NO2/c1-8(12)9(10(8,13)7-11)5-3-2-4-6-9/h12-13H,2-6H2,1H3/t8-,10-/m0/s1. The number of nitrogens with zero attached hydrogens (tertiary/aromatic N) is 1. The van der Waals surface area contributed by atoms with Gasteiger partial charge in [-0.3, -0.25) is 0 Å². The Morgan fingerprint density at radius 2 is 1.69 bits per heavy atom. The highest BCUT2D eigenvalue weighted by Gasteiger charge is 2.85. The predicted molar refractivity (Wildman–Crippen MR) is 46.7 cm³/mol. The van der Waals surface area contributed by atoms with Gasteiger partial charge >= 0.3 is 0 Å². The van der Waals surface area contributed by atoms with Crippen LogP contribution in [0.1, 0.15) is 39.0 Å². The molecule has 0 saturated heterocycles. The van der Waals surface area contributed by atoms with Crippen molar-refractivity contribution in [2.45, 2.75) is 50.2 Å². The van der Waals surface area contributed by atoms with Crippen molar-refractivity contribution < 1.29 is 10.2 Å². The Labute approximate surface area is 78.0 Å². The number of nitriles is 1. The van der Waals surface area contributed by atoms with E-state index in [1.54, 1.807) is 6.92 Å². The molecule has 0 radical (unpaired) electrons. The molecule has 2 saturated carbocycles. The molecule has 72 valence electrons. The Balaban J connectivity index is 2.32. The van der Waals surface area contributed by atoms with Crippen molar-refractivity contribution in [1.82, 2.24) is 0 Å². The highest BCUT2D eigenvalue weighted by Crippen LogP contribution is 2.71. The van der Waals surface area contributed by atoms with Crippen LogP contribution in [0.2, 0.25) is 0 Å². The predicted octanol–water partition coefficient (Wildman–Crippen LogP) is 0.956. The molecule has 2 N–H and O–H groups in total. The summed E-state index contributed by atoms with van der Waals surface area (Å²) in [4.78, 5) is 0. The fourth-order valence-corrected chi connectivity index (χ4v) is 3.05. The zero-order valence-electron chi connectivity index (χ0n) is 7.88. The van der Waals surface area contributed by atoms with Crippen LogP contribution in [0.4, 0.5) is 0 Å². The Hall–Kier alpha value is -0.590. The third-order valence-electron chi connectivity index (χ3n) is 4.14. The minimum absolute atomic E-state index is 0.521. The lowest BCUT2D eigenvalue weighted by atomic mass is 9.82. The molecule has 0 aliphatic heterocycles. The average Bonchev–Trinajstić information content (AvgIpc) is 2.49. The zero-order chi connectivity index (χ0) is 9.74. The first kappa shape index (κ1) is 8.98. The maximum atomic E-state index is 9.95. The third-order valence-corrected chi connectivity index (χ3v) is 4.14. The Morgan fingerprint density at radius 3 is 2.08 bits per heavy atom. The maximum Gasteiger partial charge on any atom is 0.188 e. The van der Waals surface area contributed by atoms with Crippen molar-refractivity contribution in [2.24, 2.45) is 5.41 Å². The van der Waals surface area contributed by atoms with Gasteiger partial charge in [-0.25, -0.2) is 0 Å². The second kappa shape index (κ2) is 2.26. The van der Waals surface area contributed by atoms with E-state index < -0.39 is 16.6 Å². The van der Waals surface area contributed by atoms with E-state index in [-0.39, 0.29) is 0 Å². The molecule has 3 nitrogen and oxygen atoms in total. The molecule has 0 amide bonds. The number of rotatable bonds is 0. The summed E-state index contributed by atoms with van der Waals surface area (Å²) in [6.07, 6.45) is 4.74. The second-order valence-electron chi connectivity index (χ2n) is 4.54. The molecule has 1 spiro atoms. The van der Waals surface area contributed by atoms with Gasteiger partial charge in [-0.1, -0.05) is 19.3 Å². The van der Waals surface area contributed by atoms with Crippen LogP contribution >= 0.6 is 0 Å². The molecule has 2 fully saturated rings. The highest BCUT2D eigenvalue weighted by atomic mass is 16.4. The van der Waals surface area contributed by atoms with Gasteiger partial charge in [0.2, 0.25) is 0 Å². The monoisotopic (exact) mass is 181 g/mol. The molecule has 2 aliphatic rings. The highest BCUT2D eigenvalue weighted by molar-refractivity contribution is 5.41. The van der Waals surface area contributed by atoms with Crippen molar-refractivity contribution in [2.75, 3.05) is 0 Å². The lowest BCUT2D eigenvalue weighted by Gasteiger charge is -2.23. The van der Waals surface area contributed by atoms with Gasteiger partial charge in [0, 0.05) is 5.41 Å². The van der Waals surface area contributed by atoms with Gasteiger partial charge in [0.25, 0.3) is 0 Å². The van der Waals surface area contributed by atoms with Crippen molar-refractivity contribution in [1.29, 1.82) is 5.26 Å². The number of hydrogen-bond acceptors (Lipinski definition) is 3. The lowest BCUT2D eigenvalue weighted by Crippen LogP contribution is -2.20. The summed E-state index contributed by atoms with van der Waals surface area (Å²) in [5.41, 5.74) is -3.19. The Kier molecular flexibility index (Phi) is 1.56. The summed E-state index contributed by atoms with van der Waals surface area (Å²) in [6.45, 7) is 1.58. The van der Waals surface area contributed by atoms with Crippen molar-refractivity contribution in [3.63, 3.8) is 0 Å². The normalized spacial score (nSPS) is 47.2. The fourth-order valence-electron chi connectivity index (χ4n) is 3.05. The van der Waals surface area contributed by atoms with Crippen LogP contribution in [0.3, 0.4) is 0 Å². The van der Waals surface area contributed by atoms with E-state index in [2.05, 4.69) is 0 Å². The molecule has 3 heteroatoms. The average molecular weight is 181 g/mol. The molecule has 13 heavy (non-hydrogen) atoms. The fraction of sp³-hybridized carbons (Fsp3) is 0.900. The van der Waals surface area contributed by atoms with E-state index >= 15 is 0 Å². The van der Waals surface area contributed by atoms with E-state index in [1.807, 2.05) is 6.07 Å². The van der Waals surface area contributed by atoms with Gasteiger partial charge in [0.15, 0.2) is 5.60 Å². The molecule has 0 aromatic heterocycles. The van der Waals surface area contributed by atoms with E-state index in [0.717, 1.165) is 32.1 Å². The molecule has 2 rings (SSSR count). The molecule has 0 bridgehead atoms. The van der Waals surface area contributed by atoms with Crippen LogP contribution in [-0.4, -0.2) is 21.4 Å². The topological polar surface area (TPSA) is 64.2 Å². The summed E-state index contributed by atoms with van der Waals surface area (Å²) >= 11 is 0. The first-order chi connectivity index (χ1) is 6.02. The van der Waals surface area contributed by atoms with Gasteiger partial charge in [0.1, 0.15) is 11.7 Å². The van der Waals surface area contributed by atoms with E-state index in [9.17, 15) is 10.2 Å². The minimum atomic E-state index is -1.49. The molecular weight excluding hydrogens is 166 g/mol. The first-order valence-corrected chi connectivity index (χ1v) is 4.88. The van der Waals surface area contributed by atoms with Gasteiger partial charge in [-0.05, 0) is 19.8 Å². The van der Waals surface area contributed by atoms with E-state index in [4.69, 9.17) is 5.26 Å². The Morgan fingerprint density at radius 1 is 1.15 bits per heavy atom. The quantitative estimate of drug-likeness (QED) is 0.547. The number of hydrogen-bond donors (Lipinski definition) is 2. The molecule has 0 unspecified atom stereocenters. The van der Waals surface area contributed by atoms with Gasteiger partial charge in [-0.15, -0.1) is 0 Å². The van der Waals surface area contributed by atoms with Gasteiger partial charge in [-0.2, -0.15) is 5.26 Å². The summed E-state index contributed by atoms with van der Waals surface area (Å²) < 4.78 is 0. The summed E-state index contributed by atoms with van der Waals surface area (Å²) in [5.74, 6) is 0. The first-order valence-electron chi connectivity index (χ1n) is 4.88. The largest absolute Gasteiger partial charge is 0.385 e. The van der Waals surface area contributed by atoms with Crippen molar-refractivity contribution >= 4 is 0 Å². The minimum Gasteiger partial charge on any atom is -0.385 e. The molecule has 0 aromatic rings. The smallest absolute Gasteiger partial charge is 0.188 e. The molecule has 2 atom stereocenters. The molecular formula is C10H15NO2. The van der Waals surface area contributed by atoms with Crippen LogP contribution in [-0.2, 0) is 0 Å². The van der Waals surface area contributed by atoms with E-state index in [1.165, 1.54) is 0 Å². The van der Waals surface area contributed by atoms with Crippen molar-refractivity contribution in [3.05, 3.63) is 0 Å². The van der Waals surface area contributed by atoms with Crippen LogP contribution < -0.4 is 0 Å². The second-order valence-corrected chi connectivity index (χ2v) is 4.54. The van der Waals surface area contributed by atoms with Crippen LogP contribution in [0, 0.1) is 16.7 Å². The molecule has 2 aliphatic carbocycles. The Bertz CT molecular complexity index is 273. The lowest BCUT2D eigenvalue weighted by molar-refractivity contribution is 0.0638. The summed E-state index contributed by atoms with van der Waals surface area (Å²) in [7, 11) is 0. The zero-order valence-corrected chi connectivity index (χ0v) is 7.88. The third kappa shape index (κ3) is 0.722. The van der Waals surface area contributed by atoms with Gasteiger partial charge < -0.3 is 10.2 Å². The summed E-state index contributed by atoms with van der Waals surface area (Å²) in [6, 6.07) is 1.87. The van der Waals surface area contributed by atoms with Gasteiger partial charge in [0.05, 0.1) is 0 Å². The van der Waals surface area contributed by atoms with Crippen LogP contribution in [0.15, 0.2) is 0 Å². The SMILES string of the molecule is C[C@]1(O)C2(CCCCC2)[C@]1(O)C#N. The van der Waals surface area contributed by atoms with Crippen molar-refractivity contribution in [3.8, 4) is 6.07 Å². The maximum absolute atomic E-state index is 9.95. The van der Waals surface area contributed by atoms with Crippen LogP contribution in [0.5, 0.6) is 0 Å². The van der Waals surface area contributed by atoms with E-state index in [0.29, 0.717) is 0 Å². The molecule has 0 aromatic carbocycles. The van der Waals surface area contributed by atoms with Crippen LogP contribution in [0.25, 0.3) is 0 Å².